The lowest BCUT2D eigenvalue weighted by Gasteiger charge is -2.31. The maximum absolute atomic E-state index is 13.2. The SMILES string of the molecule is CCc1ccc(CCN2C(=O)C(C)(C)N(C)C2c2ccc(N(C)C)cc2)cc1. The van der Waals surface area contributed by atoms with E-state index in [-0.39, 0.29) is 12.1 Å². The zero-order valence-corrected chi connectivity index (χ0v) is 18.1. The fourth-order valence-corrected chi connectivity index (χ4v) is 3.89. The van der Waals surface area contributed by atoms with Crippen LogP contribution in [-0.2, 0) is 17.6 Å². The van der Waals surface area contributed by atoms with E-state index in [9.17, 15) is 4.79 Å². The Hall–Kier alpha value is -2.33. The topological polar surface area (TPSA) is 26.8 Å². The highest BCUT2D eigenvalue weighted by Crippen LogP contribution is 2.39. The number of aryl methyl sites for hydroxylation is 1. The molecule has 0 aliphatic carbocycles. The van der Waals surface area contributed by atoms with Crippen molar-refractivity contribution in [2.75, 3.05) is 32.6 Å². The van der Waals surface area contributed by atoms with Crippen LogP contribution < -0.4 is 4.90 Å². The van der Waals surface area contributed by atoms with Gasteiger partial charge < -0.3 is 9.80 Å². The Morgan fingerprint density at radius 1 is 0.964 bits per heavy atom. The molecule has 1 fully saturated rings. The number of likely N-dealkylation sites (N-methyl/N-ethyl adjacent to an activating group) is 1. The molecule has 1 aliphatic rings. The van der Waals surface area contributed by atoms with Crippen LogP contribution in [0.4, 0.5) is 5.69 Å². The van der Waals surface area contributed by atoms with E-state index in [1.54, 1.807) is 0 Å². The van der Waals surface area contributed by atoms with Crippen molar-refractivity contribution in [2.24, 2.45) is 0 Å². The van der Waals surface area contributed by atoms with Crippen molar-refractivity contribution in [2.45, 2.75) is 45.3 Å². The molecule has 4 heteroatoms. The molecule has 28 heavy (non-hydrogen) atoms. The average Bonchev–Trinajstić information content (AvgIpc) is 2.86. The van der Waals surface area contributed by atoms with Crippen LogP contribution in [0.5, 0.6) is 0 Å². The third-order valence-corrected chi connectivity index (χ3v) is 6.11. The summed E-state index contributed by atoms with van der Waals surface area (Å²) in [6.07, 6.45) is 1.88. The zero-order valence-electron chi connectivity index (χ0n) is 18.1. The first-order valence-corrected chi connectivity index (χ1v) is 10.1. The molecule has 0 spiro atoms. The highest BCUT2D eigenvalue weighted by molar-refractivity contribution is 5.88. The number of hydrogen-bond acceptors (Lipinski definition) is 3. The van der Waals surface area contributed by atoms with Crippen molar-refractivity contribution in [3.8, 4) is 0 Å². The van der Waals surface area contributed by atoms with Crippen LogP contribution in [0.15, 0.2) is 48.5 Å². The Morgan fingerprint density at radius 3 is 2.07 bits per heavy atom. The van der Waals surface area contributed by atoms with E-state index in [2.05, 4.69) is 72.3 Å². The Labute approximate surface area is 169 Å². The number of carbonyl (C=O) groups is 1. The summed E-state index contributed by atoms with van der Waals surface area (Å²) < 4.78 is 0. The van der Waals surface area contributed by atoms with Gasteiger partial charge in [0.15, 0.2) is 0 Å². The van der Waals surface area contributed by atoms with E-state index in [4.69, 9.17) is 0 Å². The van der Waals surface area contributed by atoms with Crippen molar-refractivity contribution in [3.63, 3.8) is 0 Å². The molecule has 2 aromatic carbocycles. The molecule has 1 unspecified atom stereocenters. The molecule has 150 valence electrons. The van der Waals surface area contributed by atoms with E-state index >= 15 is 0 Å². The number of nitrogens with zero attached hydrogens (tertiary/aromatic N) is 3. The first-order chi connectivity index (χ1) is 13.3. The van der Waals surface area contributed by atoms with Gasteiger partial charge in [0.05, 0.1) is 5.54 Å². The minimum atomic E-state index is -0.503. The summed E-state index contributed by atoms with van der Waals surface area (Å²) in [6, 6.07) is 17.3. The fraction of sp³-hybridized carbons (Fsp3) is 0.458. The van der Waals surface area contributed by atoms with Crippen molar-refractivity contribution < 1.29 is 4.79 Å². The van der Waals surface area contributed by atoms with Crippen LogP contribution in [0.2, 0.25) is 0 Å². The number of benzene rings is 2. The smallest absolute Gasteiger partial charge is 0.244 e. The summed E-state index contributed by atoms with van der Waals surface area (Å²) in [5.74, 6) is 0.196. The van der Waals surface area contributed by atoms with Crippen molar-refractivity contribution in [1.29, 1.82) is 0 Å². The normalized spacial score (nSPS) is 19.3. The number of rotatable bonds is 6. The summed E-state index contributed by atoms with van der Waals surface area (Å²) in [6.45, 7) is 6.93. The van der Waals surface area contributed by atoms with Gasteiger partial charge in [0.25, 0.3) is 0 Å². The van der Waals surface area contributed by atoms with Crippen molar-refractivity contribution >= 4 is 11.6 Å². The van der Waals surface area contributed by atoms with Crippen LogP contribution >= 0.6 is 0 Å². The maximum atomic E-state index is 13.2. The minimum Gasteiger partial charge on any atom is -0.378 e. The predicted octanol–water partition coefficient (Wildman–Crippen LogP) is 4.11. The second-order valence-corrected chi connectivity index (χ2v) is 8.45. The summed E-state index contributed by atoms with van der Waals surface area (Å²) in [5.41, 5.74) is 4.45. The Bertz CT molecular complexity index is 809. The van der Waals surface area contributed by atoms with Gasteiger partial charge in [-0.15, -0.1) is 0 Å². The molecule has 0 radical (unpaired) electrons. The fourth-order valence-electron chi connectivity index (χ4n) is 3.89. The second kappa shape index (κ2) is 7.96. The summed E-state index contributed by atoms with van der Waals surface area (Å²) in [5, 5.41) is 0. The molecule has 1 aliphatic heterocycles. The van der Waals surface area contributed by atoms with Gasteiger partial charge in [0, 0.05) is 26.3 Å². The van der Waals surface area contributed by atoms with Crippen LogP contribution in [-0.4, -0.2) is 48.9 Å². The first kappa shape index (κ1) is 20.4. The zero-order chi connectivity index (χ0) is 20.5. The third kappa shape index (κ3) is 3.79. The van der Waals surface area contributed by atoms with Gasteiger partial charge >= 0.3 is 0 Å². The molecular weight excluding hydrogens is 346 g/mol. The number of amides is 1. The maximum Gasteiger partial charge on any atom is 0.244 e. The van der Waals surface area contributed by atoms with Crippen LogP contribution in [0.3, 0.4) is 0 Å². The second-order valence-electron chi connectivity index (χ2n) is 8.45. The van der Waals surface area contributed by atoms with Crippen molar-refractivity contribution in [1.82, 2.24) is 9.80 Å². The van der Waals surface area contributed by atoms with Crippen LogP contribution in [0.25, 0.3) is 0 Å². The van der Waals surface area contributed by atoms with Gasteiger partial charge in [-0.05, 0) is 62.6 Å². The lowest BCUT2D eigenvalue weighted by Crippen LogP contribution is -2.41. The van der Waals surface area contributed by atoms with Gasteiger partial charge in [0.2, 0.25) is 5.91 Å². The summed E-state index contributed by atoms with van der Waals surface area (Å²) in [4.78, 5) is 19.5. The highest BCUT2D eigenvalue weighted by Gasteiger charge is 2.49. The average molecular weight is 380 g/mol. The number of anilines is 1. The molecule has 0 bridgehead atoms. The first-order valence-electron chi connectivity index (χ1n) is 10.1. The van der Waals surface area contributed by atoms with E-state index in [0.717, 1.165) is 30.6 Å². The van der Waals surface area contributed by atoms with E-state index in [0.29, 0.717) is 0 Å². The highest BCUT2D eigenvalue weighted by atomic mass is 16.2. The van der Waals surface area contributed by atoms with Crippen LogP contribution in [0, 0.1) is 0 Å². The van der Waals surface area contributed by atoms with Gasteiger partial charge in [-0.3, -0.25) is 9.69 Å². The molecule has 0 N–H and O–H groups in total. The van der Waals surface area contributed by atoms with Gasteiger partial charge in [-0.1, -0.05) is 43.3 Å². The van der Waals surface area contributed by atoms with Gasteiger partial charge in [0.1, 0.15) is 6.17 Å². The molecule has 1 amide bonds. The number of hydrogen-bond donors (Lipinski definition) is 0. The Kier molecular flexibility index (Phi) is 5.80. The largest absolute Gasteiger partial charge is 0.378 e. The van der Waals surface area contributed by atoms with E-state index in [1.807, 2.05) is 32.8 Å². The molecular formula is C24H33N3O. The molecule has 3 rings (SSSR count). The molecule has 0 saturated carbocycles. The van der Waals surface area contributed by atoms with E-state index in [1.165, 1.54) is 11.1 Å². The molecule has 0 aromatic heterocycles. The van der Waals surface area contributed by atoms with Crippen molar-refractivity contribution in [3.05, 3.63) is 65.2 Å². The standard InChI is InChI=1S/C24H33N3O/c1-7-18-8-10-19(11-9-18)16-17-27-22(26(6)24(2,3)23(27)28)20-12-14-21(15-13-20)25(4)5/h8-15,22H,7,16-17H2,1-6H3. The van der Waals surface area contributed by atoms with Crippen LogP contribution in [0.1, 0.15) is 43.6 Å². The molecule has 4 nitrogen and oxygen atoms in total. The lowest BCUT2D eigenvalue weighted by molar-refractivity contribution is -0.132. The van der Waals surface area contributed by atoms with E-state index < -0.39 is 5.54 Å². The quantitative estimate of drug-likeness (QED) is 0.756. The predicted molar refractivity (Wildman–Crippen MR) is 117 cm³/mol. The third-order valence-electron chi connectivity index (χ3n) is 6.11. The summed E-state index contributed by atoms with van der Waals surface area (Å²) >= 11 is 0. The minimum absolute atomic E-state index is 0.0337. The Morgan fingerprint density at radius 2 is 1.54 bits per heavy atom. The molecule has 1 saturated heterocycles. The monoisotopic (exact) mass is 379 g/mol. The molecule has 1 heterocycles. The van der Waals surface area contributed by atoms with Gasteiger partial charge in [-0.25, -0.2) is 0 Å². The summed E-state index contributed by atoms with van der Waals surface area (Å²) in [7, 11) is 6.14. The number of carbonyl (C=O) groups excluding carboxylic acids is 1. The van der Waals surface area contributed by atoms with Gasteiger partial charge in [-0.2, -0.15) is 0 Å². The molecule has 1 atom stereocenters. The molecule has 2 aromatic rings. The Balaban J connectivity index is 1.83. The lowest BCUT2D eigenvalue weighted by atomic mass is 10.0.